The number of hydrogen-bond acceptors (Lipinski definition) is 14. The van der Waals surface area contributed by atoms with E-state index in [9.17, 15) is 34.2 Å². The van der Waals surface area contributed by atoms with Crippen LogP contribution >= 0.6 is 35.1 Å². The van der Waals surface area contributed by atoms with Crippen molar-refractivity contribution < 1.29 is 58.9 Å². The molecule has 0 saturated carbocycles. The summed E-state index contributed by atoms with van der Waals surface area (Å²) in [4.78, 5) is 78.1. The Bertz CT molecular complexity index is 1740. The molecule has 242 valence electrons. The van der Waals surface area contributed by atoms with Crippen molar-refractivity contribution >= 4 is 70.5 Å². The molecule has 47 heavy (non-hydrogen) atoms. The largest absolute Gasteiger partial charge is 1.00 e. The number of aliphatic carboxylic acids is 1. The number of rotatable bonds is 12. The van der Waals surface area contributed by atoms with Crippen molar-refractivity contribution in [3.8, 4) is 5.75 Å². The number of aromatic amines is 1. The predicted octanol–water partition coefficient (Wildman–Crippen LogP) is -2.64. The molecule has 6 N–H and O–H groups in total. The number of carboxylic acid groups (broad SMARTS) is 1. The molecule has 2 aromatic heterocycles. The second kappa shape index (κ2) is 15.5. The number of amides is 4. The van der Waals surface area contributed by atoms with E-state index < -0.39 is 46.8 Å². The molecule has 0 spiro atoms. The van der Waals surface area contributed by atoms with Crippen molar-refractivity contribution in [2.45, 2.75) is 48.1 Å². The molecule has 20 heteroatoms. The van der Waals surface area contributed by atoms with Crippen LogP contribution in [0.3, 0.4) is 0 Å². The Morgan fingerprint density at radius 1 is 1.26 bits per heavy atom. The molecule has 2 aliphatic heterocycles. The number of thioether (sulfide) groups is 2. The van der Waals surface area contributed by atoms with E-state index in [4.69, 9.17) is 5.73 Å². The van der Waals surface area contributed by atoms with Crippen LogP contribution in [0, 0.1) is 0 Å². The Kier molecular flexibility index (Phi) is 12.0. The number of carboxylic acids is 1. The summed E-state index contributed by atoms with van der Waals surface area (Å²) < 4.78 is 4.55. The molecule has 0 radical (unpaired) electrons. The number of nitrogens with one attached hydrogen (secondary N) is 3. The molecule has 0 bridgehead atoms. The molecule has 0 aliphatic carbocycles. The summed E-state index contributed by atoms with van der Waals surface area (Å²) in [6, 6.07) is 1.34. The maximum Gasteiger partial charge on any atom is 1.00 e. The predicted molar refractivity (Wildman–Crippen MR) is 169 cm³/mol. The molecule has 4 atom stereocenters. The van der Waals surface area contributed by atoms with E-state index in [-0.39, 0.29) is 75.8 Å². The SMILES string of the molecule is CCC(C)Nc1ncc(N(C(N)=O)C(C(=O)NC2C(=O)N3C(C(=O)[O-])=C(CSc4ncns4)CS[C@@H]23)c2ccc(O)cc2)c(=O)[nH]1.[Na+]. The molecule has 4 heterocycles. The van der Waals surface area contributed by atoms with Gasteiger partial charge in [0.2, 0.25) is 11.9 Å². The van der Waals surface area contributed by atoms with Crippen LogP contribution in [0.15, 0.2) is 57.2 Å². The van der Waals surface area contributed by atoms with Gasteiger partial charge in [0.1, 0.15) is 35.2 Å². The van der Waals surface area contributed by atoms with Gasteiger partial charge in [-0.05, 0) is 48.1 Å². The average molecular weight is 710 g/mol. The van der Waals surface area contributed by atoms with E-state index in [1.807, 2.05) is 13.8 Å². The Morgan fingerprint density at radius 3 is 2.57 bits per heavy atom. The van der Waals surface area contributed by atoms with E-state index in [0.717, 1.165) is 33.9 Å². The van der Waals surface area contributed by atoms with E-state index in [1.54, 1.807) is 0 Å². The van der Waals surface area contributed by atoms with Gasteiger partial charge in [0.05, 0.1) is 17.9 Å². The maximum absolute atomic E-state index is 13.9. The Labute approximate surface area is 302 Å². The monoisotopic (exact) mass is 709 g/mol. The number of carbonyl (C=O) groups is 4. The minimum absolute atomic E-state index is 0. The van der Waals surface area contributed by atoms with Gasteiger partial charge in [-0.15, -0.1) is 11.8 Å². The van der Waals surface area contributed by atoms with Crippen LogP contribution < -0.4 is 61.5 Å². The molecular weight excluding hydrogens is 682 g/mol. The normalized spacial score (nSPS) is 18.3. The third-order valence-electron chi connectivity index (χ3n) is 7.24. The van der Waals surface area contributed by atoms with Crippen LogP contribution in [0.1, 0.15) is 31.9 Å². The van der Waals surface area contributed by atoms with Gasteiger partial charge in [-0.2, -0.15) is 4.37 Å². The Hall–Kier alpha value is -3.62. The number of phenolic OH excluding ortho intramolecular Hbond substituents is 1. The van der Waals surface area contributed by atoms with Gasteiger partial charge in [0.15, 0.2) is 4.34 Å². The molecule has 5 rings (SSSR count). The minimum Gasteiger partial charge on any atom is -0.543 e. The molecule has 3 aromatic rings. The van der Waals surface area contributed by atoms with Crippen LogP contribution in [0.4, 0.5) is 16.4 Å². The first-order chi connectivity index (χ1) is 22.0. The summed E-state index contributed by atoms with van der Waals surface area (Å²) in [5.41, 5.74) is 4.95. The number of fused-ring (bicyclic) bond motifs is 1. The van der Waals surface area contributed by atoms with Gasteiger partial charge in [-0.1, -0.05) is 30.8 Å². The average Bonchev–Trinajstić information content (AvgIpc) is 3.55. The third-order valence-corrected chi connectivity index (χ3v) is 10.5. The number of benzene rings is 1. The zero-order valence-corrected chi connectivity index (χ0v) is 29.8. The van der Waals surface area contributed by atoms with Crippen molar-refractivity contribution in [3.05, 3.63) is 64.0 Å². The summed E-state index contributed by atoms with van der Waals surface area (Å²) in [7, 11) is 0. The first kappa shape index (κ1) is 36.2. The number of nitrogens with two attached hydrogens (primary N) is 1. The van der Waals surface area contributed by atoms with Gasteiger partial charge in [-0.3, -0.25) is 29.2 Å². The number of urea groups is 1. The molecule has 1 fully saturated rings. The molecule has 1 aromatic carbocycles. The van der Waals surface area contributed by atoms with E-state index in [2.05, 4.69) is 30.0 Å². The van der Waals surface area contributed by atoms with E-state index in [1.165, 1.54) is 54.1 Å². The molecular formula is C27H28N9NaO7S3. The fraction of sp³-hybridized carbons (Fsp3) is 0.333. The van der Waals surface area contributed by atoms with Crippen LogP contribution in [0.25, 0.3) is 0 Å². The zero-order valence-electron chi connectivity index (χ0n) is 25.3. The number of phenols is 1. The first-order valence-corrected chi connectivity index (χ1v) is 16.6. The van der Waals surface area contributed by atoms with Crippen LogP contribution in [0.5, 0.6) is 5.75 Å². The summed E-state index contributed by atoms with van der Waals surface area (Å²) in [5.74, 6) is -2.62. The van der Waals surface area contributed by atoms with Gasteiger partial charge >= 0.3 is 35.6 Å². The second-order valence-electron chi connectivity index (χ2n) is 10.2. The number of H-pyrrole nitrogens is 1. The topological polar surface area (TPSA) is 240 Å². The summed E-state index contributed by atoms with van der Waals surface area (Å²) in [5, 5.41) is 26.8. The molecule has 1 saturated heterocycles. The maximum atomic E-state index is 13.9. The van der Waals surface area contributed by atoms with Crippen molar-refractivity contribution in [2.75, 3.05) is 21.7 Å². The van der Waals surface area contributed by atoms with Crippen molar-refractivity contribution in [3.63, 3.8) is 0 Å². The van der Waals surface area contributed by atoms with Crippen molar-refractivity contribution in [1.82, 2.24) is 29.5 Å². The smallest absolute Gasteiger partial charge is 0.543 e. The summed E-state index contributed by atoms with van der Waals surface area (Å²) >= 11 is 3.68. The molecule has 3 unspecified atom stereocenters. The molecule has 4 amide bonds. The number of carbonyl (C=O) groups excluding carboxylic acids is 4. The first-order valence-electron chi connectivity index (χ1n) is 13.8. The number of nitrogens with zero attached hydrogens (tertiary/aromatic N) is 5. The fourth-order valence-electron chi connectivity index (χ4n) is 4.82. The fourth-order valence-corrected chi connectivity index (χ4v) is 7.75. The number of hydrogen-bond donors (Lipinski definition) is 5. The number of aromatic hydroxyl groups is 1. The third kappa shape index (κ3) is 7.76. The van der Waals surface area contributed by atoms with Crippen LogP contribution in [-0.2, 0) is 14.4 Å². The summed E-state index contributed by atoms with van der Waals surface area (Å²) in [6.45, 7) is 3.82. The van der Waals surface area contributed by atoms with Gasteiger partial charge in [-0.25, -0.2) is 14.8 Å². The quantitative estimate of drug-likeness (QED) is 0.0736. The zero-order chi connectivity index (χ0) is 33.1. The van der Waals surface area contributed by atoms with Crippen LogP contribution in [-0.4, -0.2) is 82.1 Å². The molecule has 2 aliphatic rings. The number of primary amides is 1. The second-order valence-corrected chi connectivity index (χ2v) is 13.3. The molecule has 16 nitrogen and oxygen atoms in total. The Balaban J connectivity index is 0.00000500. The van der Waals surface area contributed by atoms with Gasteiger partial charge in [0, 0.05) is 17.5 Å². The summed E-state index contributed by atoms with van der Waals surface area (Å²) in [6.07, 6.45) is 3.22. The van der Waals surface area contributed by atoms with Gasteiger partial charge in [0.25, 0.3) is 11.5 Å². The van der Waals surface area contributed by atoms with Crippen molar-refractivity contribution in [2.24, 2.45) is 5.73 Å². The van der Waals surface area contributed by atoms with E-state index in [0.29, 0.717) is 9.91 Å². The number of aromatic nitrogens is 4. The standard InChI is InChI=1S/C27H29N9O7S3.Na/c1-3-12(2)32-26-29-8-16(20(38)34-26)35(25(28)43)18(13-4-6-15(37)7-5-13)21(39)33-17-22(40)36-19(24(41)42)14(9-44-23(17)36)10-45-27-30-11-31-46-27;/h4-8,11-12,17-18,23,37H,3,9-10H2,1-2H3,(H2,28,43)(H,33,39)(H,41,42)(H2,29,32,34,38);/q;+1/p-1/t12?,17?,18?,23-;/m0./s1. The van der Waals surface area contributed by atoms with E-state index >= 15 is 0 Å². The minimum atomic E-state index is -1.58. The van der Waals surface area contributed by atoms with Gasteiger partial charge < -0.3 is 31.4 Å². The number of anilines is 2. The number of β-lactam (4-membered cyclic amide) rings is 1. The van der Waals surface area contributed by atoms with Crippen LogP contribution in [0.2, 0.25) is 0 Å². The Morgan fingerprint density at radius 2 is 1.98 bits per heavy atom. The van der Waals surface area contributed by atoms with Crippen molar-refractivity contribution in [1.29, 1.82) is 0 Å².